The molecule has 3 heteroatoms. The molecule has 0 atom stereocenters. The maximum Gasteiger partial charge on any atom is 0.133 e. The lowest BCUT2D eigenvalue weighted by molar-refractivity contribution is 0.412. The molecule has 0 aromatic heterocycles. The number of methoxy groups -OCH3 is 1. The molecule has 2 nitrogen and oxygen atoms in total. The lowest BCUT2D eigenvalue weighted by atomic mass is 9.96. The molecule has 0 radical (unpaired) electrons. The first-order valence-corrected chi connectivity index (χ1v) is 5.55. The summed E-state index contributed by atoms with van der Waals surface area (Å²) in [6, 6.07) is 6.23. The zero-order valence-electron chi connectivity index (χ0n) is 8.22. The highest BCUT2D eigenvalue weighted by Gasteiger charge is 2.42. The highest BCUT2D eigenvalue weighted by atomic mass is 79.9. The lowest BCUT2D eigenvalue weighted by Crippen LogP contribution is -2.19. The molecule has 2 N–H and O–H groups in total. The third kappa shape index (κ3) is 1.55. The average Bonchev–Trinajstić information content (AvgIpc) is 2.98. The van der Waals surface area contributed by atoms with Crippen LogP contribution in [0.25, 0.3) is 0 Å². The molecule has 0 amide bonds. The standard InChI is InChI=1S/C11H14BrNO/c1-14-10-3-2-8(6-9(10)12)11(7-13)4-5-11/h2-3,6H,4-5,7,13H2,1H3. The van der Waals surface area contributed by atoms with Gasteiger partial charge in [0.2, 0.25) is 0 Å². The Morgan fingerprint density at radius 3 is 2.64 bits per heavy atom. The van der Waals surface area contributed by atoms with Crippen molar-refractivity contribution in [2.45, 2.75) is 18.3 Å². The summed E-state index contributed by atoms with van der Waals surface area (Å²) in [4.78, 5) is 0. The van der Waals surface area contributed by atoms with E-state index in [4.69, 9.17) is 10.5 Å². The fourth-order valence-corrected chi connectivity index (χ4v) is 2.30. The fourth-order valence-electron chi connectivity index (χ4n) is 1.76. The van der Waals surface area contributed by atoms with Crippen molar-refractivity contribution in [1.82, 2.24) is 0 Å². The zero-order chi connectivity index (χ0) is 10.2. The van der Waals surface area contributed by atoms with E-state index in [1.807, 2.05) is 6.07 Å². The van der Waals surface area contributed by atoms with Gasteiger partial charge < -0.3 is 10.5 Å². The monoisotopic (exact) mass is 255 g/mol. The van der Waals surface area contributed by atoms with Gasteiger partial charge in [-0.05, 0) is 46.5 Å². The maximum atomic E-state index is 5.77. The summed E-state index contributed by atoms with van der Waals surface area (Å²) < 4.78 is 6.20. The highest BCUT2D eigenvalue weighted by molar-refractivity contribution is 9.10. The van der Waals surface area contributed by atoms with Crippen molar-refractivity contribution in [3.63, 3.8) is 0 Å². The van der Waals surface area contributed by atoms with Crippen LogP contribution in [0.4, 0.5) is 0 Å². The third-order valence-electron chi connectivity index (χ3n) is 3.01. The van der Waals surface area contributed by atoms with Crippen molar-refractivity contribution in [3.8, 4) is 5.75 Å². The van der Waals surface area contributed by atoms with E-state index in [9.17, 15) is 0 Å². The number of hydrogen-bond donors (Lipinski definition) is 1. The summed E-state index contributed by atoms with van der Waals surface area (Å²) in [5.41, 5.74) is 7.36. The van der Waals surface area contributed by atoms with Crippen molar-refractivity contribution >= 4 is 15.9 Å². The van der Waals surface area contributed by atoms with Crippen molar-refractivity contribution in [1.29, 1.82) is 0 Å². The number of benzene rings is 1. The highest BCUT2D eigenvalue weighted by Crippen LogP contribution is 2.48. The topological polar surface area (TPSA) is 35.2 Å². The second-order valence-electron chi connectivity index (χ2n) is 3.83. The van der Waals surface area contributed by atoms with Crippen LogP contribution in [0.5, 0.6) is 5.75 Å². The van der Waals surface area contributed by atoms with Crippen LogP contribution in [0.15, 0.2) is 22.7 Å². The summed E-state index contributed by atoms with van der Waals surface area (Å²) in [5.74, 6) is 0.876. The Hall–Kier alpha value is -0.540. The number of nitrogens with two attached hydrogens (primary N) is 1. The van der Waals surface area contributed by atoms with Crippen LogP contribution in [0.1, 0.15) is 18.4 Å². The van der Waals surface area contributed by atoms with E-state index in [0.29, 0.717) is 0 Å². The van der Waals surface area contributed by atoms with Crippen LogP contribution in [0, 0.1) is 0 Å². The first-order chi connectivity index (χ1) is 6.72. The Labute approximate surface area is 92.6 Å². The minimum atomic E-state index is 0.259. The Morgan fingerprint density at radius 1 is 1.50 bits per heavy atom. The Bertz CT molecular complexity index is 347. The van der Waals surface area contributed by atoms with Crippen molar-refractivity contribution in [3.05, 3.63) is 28.2 Å². The Kier molecular flexibility index (Phi) is 2.54. The molecule has 1 aliphatic carbocycles. The van der Waals surface area contributed by atoms with Gasteiger partial charge in [-0.2, -0.15) is 0 Å². The van der Waals surface area contributed by atoms with Crippen LogP contribution >= 0.6 is 15.9 Å². The van der Waals surface area contributed by atoms with Crippen LogP contribution in [0.3, 0.4) is 0 Å². The van der Waals surface area contributed by atoms with Gasteiger partial charge in [0, 0.05) is 12.0 Å². The molecule has 2 rings (SSSR count). The Morgan fingerprint density at radius 2 is 2.21 bits per heavy atom. The van der Waals surface area contributed by atoms with Gasteiger partial charge in [0.05, 0.1) is 11.6 Å². The van der Waals surface area contributed by atoms with E-state index in [1.165, 1.54) is 18.4 Å². The smallest absolute Gasteiger partial charge is 0.133 e. The molecule has 0 unspecified atom stereocenters. The molecule has 1 fully saturated rings. The van der Waals surface area contributed by atoms with E-state index >= 15 is 0 Å². The minimum absolute atomic E-state index is 0.259. The molecule has 0 aliphatic heterocycles. The first-order valence-electron chi connectivity index (χ1n) is 4.76. The van der Waals surface area contributed by atoms with Gasteiger partial charge in [0.15, 0.2) is 0 Å². The van der Waals surface area contributed by atoms with E-state index in [-0.39, 0.29) is 5.41 Å². The maximum absolute atomic E-state index is 5.77. The molecule has 14 heavy (non-hydrogen) atoms. The van der Waals surface area contributed by atoms with Crippen molar-refractivity contribution in [2.75, 3.05) is 13.7 Å². The Balaban J connectivity index is 2.33. The fraction of sp³-hybridized carbons (Fsp3) is 0.455. The zero-order valence-corrected chi connectivity index (χ0v) is 9.80. The number of hydrogen-bond acceptors (Lipinski definition) is 2. The quantitative estimate of drug-likeness (QED) is 0.901. The molecule has 0 heterocycles. The SMILES string of the molecule is COc1ccc(C2(CN)CC2)cc1Br. The predicted octanol–water partition coefficient (Wildman–Crippen LogP) is 2.45. The number of rotatable bonds is 3. The third-order valence-corrected chi connectivity index (χ3v) is 3.63. The second kappa shape index (κ2) is 3.55. The van der Waals surface area contributed by atoms with Crippen LogP contribution in [-0.2, 0) is 5.41 Å². The van der Waals surface area contributed by atoms with Gasteiger partial charge in [-0.1, -0.05) is 6.07 Å². The normalized spacial score (nSPS) is 17.9. The van der Waals surface area contributed by atoms with Gasteiger partial charge in [-0.3, -0.25) is 0 Å². The average molecular weight is 256 g/mol. The molecule has 1 saturated carbocycles. The largest absolute Gasteiger partial charge is 0.496 e. The molecule has 76 valence electrons. The van der Waals surface area contributed by atoms with Gasteiger partial charge >= 0.3 is 0 Å². The van der Waals surface area contributed by atoms with Crippen molar-refractivity contribution < 1.29 is 4.74 Å². The molecule has 0 bridgehead atoms. The molecule has 0 spiro atoms. The summed E-state index contributed by atoms with van der Waals surface area (Å²) in [5, 5.41) is 0. The van der Waals surface area contributed by atoms with E-state index in [1.54, 1.807) is 7.11 Å². The summed E-state index contributed by atoms with van der Waals surface area (Å²) in [7, 11) is 1.68. The number of ether oxygens (including phenoxy) is 1. The molecule has 1 aromatic rings. The minimum Gasteiger partial charge on any atom is -0.496 e. The predicted molar refractivity (Wildman–Crippen MR) is 60.7 cm³/mol. The molecule has 1 aromatic carbocycles. The van der Waals surface area contributed by atoms with Gasteiger partial charge in [0.1, 0.15) is 5.75 Å². The van der Waals surface area contributed by atoms with E-state index in [0.717, 1.165) is 16.8 Å². The summed E-state index contributed by atoms with van der Waals surface area (Å²) >= 11 is 3.49. The van der Waals surface area contributed by atoms with Gasteiger partial charge in [0.25, 0.3) is 0 Å². The summed E-state index contributed by atoms with van der Waals surface area (Å²) in [6.07, 6.45) is 2.42. The van der Waals surface area contributed by atoms with Crippen LogP contribution in [-0.4, -0.2) is 13.7 Å². The second-order valence-corrected chi connectivity index (χ2v) is 4.69. The van der Waals surface area contributed by atoms with Gasteiger partial charge in [-0.15, -0.1) is 0 Å². The van der Waals surface area contributed by atoms with Crippen LogP contribution < -0.4 is 10.5 Å². The first kappa shape index (κ1) is 9.99. The molecule has 1 aliphatic rings. The molecular weight excluding hydrogens is 242 g/mol. The van der Waals surface area contributed by atoms with Gasteiger partial charge in [-0.25, -0.2) is 0 Å². The van der Waals surface area contributed by atoms with Crippen LogP contribution in [0.2, 0.25) is 0 Å². The summed E-state index contributed by atoms with van der Waals surface area (Å²) in [6.45, 7) is 0.742. The number of halogens is 1. The van der Waals surface area contributed by atoms with E-state index in [2.05, 4.69) is 28.1 Å². The van der Waals surface area contributed by atoms with E-state index < -0.39 is 0 Å². The van der Waals surface area contributed by atoms with Crippen molar-refractivity contribution in [2.24, 2.45) is 5.73 Å². The molecular formula is C11H14BrNO. The molecule has 0 saturated heterocycles. The lowest BCUT2D eigenvalue weighted by Gasteiger charge is -2.14.